The summed E-state index contributed by atoms with van der Waals surface area (Å²) >= 11 is 0. The number of nitrogens with zero attached hydrogens (tertiary/aromatic N) is 6. The fraction of sp³-hybridized carbons (Fsp3) is 0.0217. The van der Waals surface area contributed by atoms with Crippen LogP contribution in [0.4, 0.5) is 0 Å². The van der Waals surface area contributed by atoms with Gasteiger partial charge in [-0.2, -0.15) is 0 Å². The number of hydrogen-bond donors (Lipinski definition) is 0. The van der Waals surface area contributed by atoms with Crippen LogP contribution in [0.3, 0.4) is 0 Å². The van der Waals surface area contributed by atoms with Gasteiger partial charge in [-0.1, -0.05) is 340 Å². The molecule has 0 N–H and O–H groups in total. The molecular weight excluding hydrogens is 1190 g/mol. The second-order valence-electron chi connectivity index (χ2n) is 25.2. The van der Waals surface area contributed by atoms with Crippen LogP contribution in [-0.2, 0) is 10.8 Å². The van der Waals surface area contributed by atoms with E-state index in [-0.39, 0.29) is 0 Å². The van der Waals surface area contributed by atoms with Gasteiger partial charge in [0.15, 0.2) is 34.9 Å². The van der Waals surface area contributed by atoms with E-state index in [1.807, 2.05) is 78.9 Å². The molecule has 1 unspecified atom stereocenters. The van der Waals surface area contributed by atoms with E-state index in [4.69, 9.17) is 29.9 Å². The van der Waals surface area contributed by atoms with Gasteiger partial charge < -0.3 is 0 Å². The zero-order valence-electron chi connectivity index (χ0n) is 53.3. The quantitative estimate of drug-likeness (QED) is 0.114. The number of aromatic nitrogens is 6. The van der Waals surface area contributed by atoms with Crippen LogP contribution >= 0.6 is 0 Å². The first-order valence-corrected chi connectivity index (χ1v) is 33.3. The predicted octanol–water partition coefficient (Wildman–Crippen LogP) is 21.8. The summed E-state index contributed by atoms with van der Waals surface area (Å²) in [6.45, 7) is 0. The van der Waals surface area contributed by atoms with E-state index in [2.05, 4.69) is 285 Å². The zero-order valence-corrected chi connectivity index (χ0v) is 53.3. The van der Waals surface area contributed by atoms with E-state index in [0.717, 1.165) is 66.8 Å². The molecule has 0 saturated heterocycles. The summed E-state index contributed by atoms with van der Waals surface area (Å²) in [5, 5.41) is 0. The Bertz CT molecular complexity index is 5550. The molecule has 2 aliphatic rings. The van der Waals surface area contributed by atoms with Crippen molar-refractivity contribution in [1.82, 2.24) is 29.9 Å². The van der Waals surface area contributed by atoms with Crippen molar-refractivity contribution in [2.75, 3.05) is 0 Å². The van der Waals surface area contributed by atoms with E-state index in [9.17, 15) is 0 Å². The van der Waals surface area contributed by atoms with Crippen LogP contribution in [0.1, 0.15) is 44.5 Å². The van der Waals surface area contributed by atoms with Crippen LogP contribution in [-0.4, -0.2) is 29.9 Å². The molecule has 2 aromatic heterocycles. The molecule has 18 rings (SSSR count). The molecule has 98 heavy (non-hydrogen) atoms. The van der Waals surface area contributed by atoms with Crippen LogP contribution in [0.2, 0.25) is 0 Å². The Hall–Kier alpha value is -12.9. The number of rotatable bonds is 13. The summed E-state index contributed by atoms with van der Waals surface area (Å²) in [5.74, 6) is 3.69. The Balaban J connectivity index is 0.699. The van der Waals surface area contributed by atoms with Crippen LogP contribution < -0.4 is 0 Å². The largest absolute Gasteiger partial charge is 0.208 e. The van der Waals surface area contributed by atoms with Gasteiger partial charge in [0.2, 0.25) is 0 Å². The minimum absolute atomic E-state index is 0.519. The van der Waals surface area contributed by atoms with Gasteiger partial charge in [0.05, 0.1) is 10.8 Å². The molecule has 0 saturated carbocycles. The summed E-state index contributed by atoms with van der Waals surface area (Å²) in [6.07, 6.45) is 0. The lowest BCUT2D eigenvalue weighted by Crippen LogP contribution is -2.28. The van der Waals surface area contributed by atoms with Crippen molar-refractivity contribution in [1.29, 1.82) is 0 Å². The lowest BCUT2D eigenvalue weighted by Gasteiger charge is -2.34. The highest BCUT2D eigenvalue weighted by Crippen LogP contribution is 2.59. The maximum atomic E-state index is 5.35. The summed E-state index contributed by atoms with van der Waals surface area (Å²) in [7, 11) is 0. The fourth-order valence-corrected chi connectivity index (χ4v) is 15.2. The van der Waals surface area contributed by atoms with Crippen LogP contribution in [0.25, 0.3) is 124 Å². The van der Waals surface area contributed by atoms with Gasteiger partial charge in [0.1, 0.15) is 0 Å². The van der Waals surface area contributed by atoms with Gasteiger partial charge in [0, 0.05) is 33.4 Å². The molecule has 0 amide bonds. The van der Waals surface area contributed by atoms with Gasteiger partial charge >= 0.3 is 0 Å². The van der Waals surface area contributed by atoms with E-state index < -0.39 is 10.8 Å². The number of benzene rings is 14. The van der Waals surface area contributed by atoms with Crippen molar-refractivity contribution >= 4 is 0 Å². The zero-order chi connectivity index (χ0) is 65.0. The molecule has 0 spiro atoms. The van der Waals surface area contributed by atoms with Crippen molar-refractivity contribution in [3.05, 3.63) is 408 Å². The smallest absolute Gasteiger partial charge is 0.164 e. The van der Waals surface area contributed by atoms with Crippen molar-refractivity contribution in [3.63, 3.8) is 0 Å². The predicted molar refractivity (Wildman–Crippen MR) is 397 cm³/mol. The molecule has 16 aromatic rings. The van der Waals surface area contributed by atoms with Crippen molar-refractivity contribution in [2.24, 2.45) is 0 Å². The van der Waals surface area contributed by atoms with Gasteiger partial charge in [-0.3, -0.25) is 0 Å². The highest BCUT2D eigenvalue weighted by molar-refractivity contribution is 5.91. The Kier molecular flexibility index (Phi) is 14.2. The highest BCUT2D eigenvalue weighted by atomic mass is 15.0. The number of hydrogen-bond acceptors (Lipinski definition) is 6. The van der Waals surface area contributed by atoms with Crippen molar-refractivity contribution in [3.8, 4) is 124 Å². The third kappa shape index (κ3) is 9.80. The molecule has 6 heteroatoms. The third-order valence-electron chi connectivity index (χ3n) is 19.8. The standard InChI is InChI=1S/C92H60N6/c1-7-25-63(26-8-1)85-93-86(64-27-9-2-10-28-64)95-88(94-85)66-47-45-61(46-48-66)69-51-55-79-78-42-20-22-44-82(78)92(83(79)59-69,75-39-17-6-18-40-75)76-53-49-62(50-54-76)67-31-23-33-71(57-67)89-96-87(65-29-11-3-12-30-65)97-90(98-89)72-34-24-32-68(58-72)70-52-56-80-77-41-19-21-43-81(77)91(84(80)60-70,73-35-13-4-14-36-73)74-37-15-5-16-38-74/h1-60H. The Labute approximate surface area is 569 Å². The van der Waals surface area contributed by atoms with Crippen LogP contribution in [0.5, 0.6) is 0 Å². The Morgan fingerprint density at radius 3 is 0.765 bits per heavy atom. The summed E-state index contributed by atoms with van der Waals surface area (Å²) < 4.78 is 0. The minimum atomic E-state index is -0.635. The summed E-state index contributed by atoms with van der Waals surface area (Å²) in [4.78, 5) is 30.8. The average Bonchev–Trinajstić information content (AvgIpc) is 1.54. The molecule has 14 aromatic carbocycles. The van der Waals surface area contributed by atoms with E-state index in [1.54, 1.807) is 0 Å². The first-order valence-electron chi connectivity index (χ1n) is 33.3. The monoisotopic (exact) mass is 1250 g/mol. The number of fused-ring (bicyclic) bond motifs is 6. The van der Waals surface area contributed by atoms with Crippen molar-refractivity contribution in [2.45, 2.75) is 10.8 Å². The van der Waals surface area contributed by atoms with Gasteiger partial charge in [0.25, 0.3) is 0 Å². The topological polar surface area (TPSA) is 77.3 Å². The molecule has 0 bridgehead atoms. The molecule has 2 heterocycles. The lowest BCUT2D eigenvalue weighted by molar-refractivity contribution is 0.769. The molecule has 0 radical (unpaired) electrons. The maximum absolute atomic E-state index is 5.35. The normalized spacial score (nSPS) is 13.8. The minimum Gasteiger partial charge on any atom is -0.208 e. The van der Waals surface area contributed by atoms with Crippen molar-refractivity contribution < 1.29 is 0 Å². The molecule has 1 atom stereocenters. The molecule has 0 aliphatic heterocycles. The first kappa shape index (κ1) is 57.7. The average molecular weight is 1250 g/mol. The van der Waals surface area contributed by atoms with E-state index >= 15 is 0 Å². The van der Waals surface area contributed by atoms with E-state index in [1.165, 1.54) is 66.8 Å². The highest BCUT2D eigenvalue weighted by Gasteiger charge is 2.48. The molecule has 458 valence electrons. The van der Waals surface area contributed by atoms with Gasteiger partial charge in [-0.05, 0) is 124 Å². The second kappa shape index (κ2) is 24.1. The Morgan fingerprint density at radius 1 is 0.143 bits per heavy atom. The lowest BCUT2D eigenvalue weighted by atomic mass is 9.67. The third-order valence-corrected chi connectivity index (χ3v) is 19.8. The molecule has 2 aliphatic carbocycles. The molecule has 0 fully saturated rings. The first-order chi connectivity index (χ1) is 48.5. The second-order valence-corrected chi connectivity index (χ2v) is 25.2. The maximum Gasteiger partial charge on any atom is 0.164 e. The fourth-order valence-electron chi connectivity index (χ4n) is 15.2. The van der Waals surface area contributed by atoms with Gasteiger partial charge in [-0.15, -0.1) is 0 Å². The van der Waals surface area contributed by atoms with E-state index in [0.29, 0.717) is 34.9 Å². The SMILES string of the molecule is c1ccc(-c2nc(-c3ccccc3)nc(-c3ccc(-c4ccc5c(c4)C(c4ccccc4)(c4ccc(-c6cccc(-c7nc(-c8ccccc8)nc(-c8cccc(-c9ccc%10c(c9)C(c9ccccc9)(c9ccccc9)c9ccccc9-%10)c8)n7)c6)cc4)c4ccccc4-5)cc3)n2)cc1. The summed E-state index contributed by atoms with van der Waals surface area (Å²) in [5.41, 5.74) is 25.7. The Morgan fingerprint density at radius 2 is 0.378 bits per heavy atom. The van der Waals surface area contributed by atoms with Crippen LogP contribution in [0, 0.1) is 0 Å². The molecule has 6 nitrogen and oxygen atoms in total. The van der Waals surface area contributed by atoms with Gasteiger partial charge in [-0.25, -0.2) is 29.9 Å². The van der Waals surface area contributed by atoms with Crippen LogP contribution in [0.15, 0.2) is 364 Å². The summed E-state index contributed by atoms with van der Waals surface area (Å²) in [6, 6.07) is 130. The molecular formula is C92H60N6.